The van der Waals surface area contributed by atoms with Crippen LogP contribution < -0.4 is 4.74 Å². The lowest BCUT2D eigenvalue weighted by atomic mass is 9.99. The number of esters is 1. The van der Waals surface area contributed by atoms with E-state index in [9.17, 15) is 22.8 Å². The van der Waals surface area contributed by atoms with Crippen molar-refractivity contribution in [3.05, 3.63) is 33.9 Å². The molecule has 0 aliphatic carbocycles. The van der Waals surface area contributed by atoms with Crippen LogP contribution >= 0.6 is 11.6 Å². The highest BCUT2D eigenvalue weighted by atomic mass is 35.5. The Hall–Kier alpha value is -2.50. The largest absolute Gasteiger partial charge is 0.511 e. The van der Waals surface area contributed by atoms with E-state index >= 15 is 0 Å². The first-order valence-electron chi connectivity index (χ1n) is 8.61. The van der Waals surface area contributed by atoms with E-state index < -0.39 is 36.8 Å². The first kappa shape index (κ1) is 23.8. The molecule has 1 aliphatic heterocycles. The lowest BCUT2D eigenvalue weighted by Gasteiger charge is -2.28. The van der Waals surface area contributed by atoms with Crippen LogP contribution in [0.5, 0.6) is 5.75 Å². The minimum absolute atomic E-state index is 0.0512. The molecule has 166 valence electrons. The predicted octanol–water partition coefficient (Wildman–Crippen LogP) is 4.28. The second-order valence-corrected chi connectivity index (χ2v) is 6.55. The summed E-state index contributed by atoms with van der Waals surface area (Å²) in [6.45, 7) is 0.565. The van der Waals surface area contributed by atoms with Gasteiger partial charge in [0.1, 0.15) is 5.75 Å². The van der Waals surface area contributed by atoms with Gasteiger partial charge in [-0.1, -0.05) is 11.6 Å². The Balaban J connectivity index is 2.00. The summed E-state index contributed by atoms with van der Waals surface area (Å²) < 4.78 is 59.0. The molecule has 12 heteroatoms. The molecule has 0 spiro atoms. The number of aryl methyl sites for hydroxylation is 1. The molecule has 2 rings (SSSR count). The van der Waals surface area contributed by atoms with Gasteiger partial charge in [-0.2, -0.15) is 13.2 Å². The summed E-state index contributed by atoms with van der Waals surface area (Å²) >= 11 is 5.91. The van der Waals surface area contributed by atoms with Gasteiger partial charge in [-0.15, -0.1) is 0 Å². The number of carbonyl (C=O) groups is 2. The standard InChI is InChI=1S/C18H18ClF3O8/c1-10-6-12(19)7-11-8-13(15(18(20,21)22)30-14(10)11)16(23)27-9-28-17(24)26-4-2-3-5-29-25/h6-8,15,25H,2-5,9H2,1H3/t15-/m0/s1. The number of hydrogen-bond acceptors (Lipinski definition) is 8. The molecule has 0 amide bonds. The van der Waals surface area contributed by atoms with E-state index in [4.69, 9.17) is 21.6 Å². The van der Waals surface area contributed by atoms with Crippen molar-refractivity contribution in [2.75, 3.05) is 20.0 Å². The smallest absolute Gasteiger partial charge is 0.475 e. The Morgan fingerprint density at radius 2 is 1.87 bits per heavy atom. The minimum Gasteiger partial charge on any atom is -0.475 e. The molecule has 1 atom stereocenters. The van der Waals surface area contributed by atoms with Gasteiger partial charge < -0.3 is 18.9 Å². The van der Waals surface area contributed by atoms with E-state index in [2.05, 4.69) is 19.1 Å². The number of hydrogen-bond donors (Lipinski definition) is 1. The Bertz CT molecular complexity index is 809. The third-order valence-electron chi connectivity index (χ3n) is 3.85. The Kier molecular flexibility index (Phi) is 8.33. The van der Waals surface area contributed by atoms with Crippen molar-refractivity contribution in [3.8, 4) is 5.75 Å². The predicted molar refractivity (Wildman–Crippen MR) is 95.8 cm³/mol. The molecule has 0 unspecified atom stereocenters. The maximum absolute atomic E-state index is 13.4. The molecule has 1 aliphatic rings. The molecule has 1 N–H and O–H groups in total. The van der Waals surface area contributed by atoms with Crippen molar-refractivity contribution in [2.24, 2.45) is 0 Å². The number of halogens is 4. The highest BCUT2D eigenvalue weighted by Gasteiger charge is 2.49. The van der Waals surface area contributed by atoms with Crippen molar-refractivity contribution < 1.29 is 51.9 Å². The van der Waals surface area contributed by atoms with Gasteiger partial charge in [0.15, 0.2) is 0 Å². The third-order valence-corrected chi connectivity index (χ3v) is 4.07. The van der Waals surface area contributed by atoms with Crippen molar-refractivity contribution in [1.82, 2.24) is 0 Å². The topological polar surface area (TPSA) is 101 Å². The van der Waals surface area contributed by atoms with Gasteiger partial charge >= 0.3 is 18.3 Å². The van der Waals surface area contributed by atoms with Gasteiger partial charge in [0.05, 0.1) is 18.8 Å². The molecule has 0 radical (unpaired) electrons. The van der Waals surface area contributed by atoms with Crippen molar-refractivity contribution >= 4 is 29.8 Å². The maximum atomic E-state index is 13.4. The second-order valence-electron chi connectivity index (χ2n) is 6.11. The number of fused-ring (bicyclic) bond motifs is 1. The number of rotatable bonds is 8. The Morgan fingerprint density at radius 1 is 1.17 bits per heavy atom. The van der Waals surface area contributed by atoms with Crippen LogP contribution in [0.1, 0.15) is 24.0 Å². The SMILES string of the molecule is Cc1cc(Cl)cc2c1O[C@H](C(F)(F)F)C(C(=O)OCOC(=O)OCCCCOO)=C2. The number of carbonyl (C=O) groups excluding carboxylic acids is 2. The summed E-state index contributed by atoms with van der Waals surface area (Å²) in [5.74, 6) is -1.43. The quantitative estimate of drug-likeness (QED) is 0.204. The summed E-state index contributed by atoms with van der Waals surface area (Å²) in [4.78, 5) is 27.4. The number of benzene rings is 1. The van der Waals surface area contributed by atoms with Crippen LogP contribution in [-0.2, 0) is 23.9 Å². The van der Waals surface area contributed by atoms with E-state index in [0.717, 1.165) is 6.08 Å². The van der Waals surface area contributed by atoms with Gasteiger partial charge in [0, 0.05) is 10.6 Å². The molecule has 1 aromatic carbocycles. The minimum atomic E-state index is -4.90. The second kappa shape index (κ2) is 10.5. The fraction of sp³-hybridized carbons (Fsp3) is 0.444. The number of alkyl halides is 3. The fourth-order valence-electron chi connectivity index (χ4n) is 2.54. The molecule has 0 saturated carbocycles. The van der Waals surface area contributed by atoms with E-state index in [1.807, 2.05) is 0 Å². The molecular weight excluding hydrogens is 437 g/mol. The van der Waals surface area contributed by atoms with Crippen LogP contribution in [0, 0.1) is 6.92 Å². The van der Waals surface area contributed by atoms with Crippen LogP contribution in [-0.4, -0.2) is 49.7 Å². The van der Waals surface area contributed by atoms with Crippen LogP contribution in [0.2, 0.25) is 5.02 Å². The van der Waals surface area contributed by atoms with E-state index in [1.165, 1.54) is 19.1 Å². The Labute approximate surface area is 174 Å². The summed E-state index contributed by atoms with van der Waals surface area (Å²) in [7, 11) is 0. The summed E-state index contributed by atoms with van der Waals surface area (Å²) in [6.07, 6.45) is -6.88. The first-order chi connectivity index (χ1) is 14.1. The van der Waals surface area contributed by atoms with Crippen LogP contribution in [0.15, 0.2) is 17.7 Å². The van der Waals surface area contributed by atoms with Crippen LogP contribution in [0.3, 0.4) is 0 Å². The van der Waals surface area contributed by atoms with Crippen molar-refractivity contribution in [3.63, 3.8) is 0 Å². The van der Waals surface area contributed by atoms with Gasteiger partial charge in [0.25, 0.3) is 0 Å². The van der Waals surface area contributed by atoms with E-state index in [1.54, 1.807) is 0 Å². The molecule has 30 heavy (non-hydrogen) atoms. The molecule has 0 bridgehead atoms. The fourth-order valence-corrected chi connectivity index (χ4v) is 2.82. The highest BCUT2D eigenvalue weighted by Crippen LogP contribution is 2.40. The lowest BCUT2D eigenvalue weighted by Crippen LogP contribution is -2.41. The average molecular weight is 455 g/mol. The molecule has 1 aromatic rings. The van der Waals surface area contributed by atoms with Crippen molar-refractivity contribution in [1.29, 1.82) is 0 Å². The summed E-state index contributed by atoms with van der Waals surface area (Å²) in [5.41, 5.74) is -0.274. The van der Waals surface area contributed by atoms with Gasteiger partial charge in [-0.25, -0.2) is 14.5 Å². The van der Waals surface area contributed by atoms with Crippen LogP contribution in [0.25, 0.3) is 6.08 Å². The average Bonchev–Trinajstić information content (AvgIpc) is 2.66. The first-order valence-corrected chi connectivity index (χ1v) is 8.99. The molecule has 0 fully saturated rings. The molecule has 0 saturated heterocycles. The summed E-state index contributed by atoms with van der Waals surface area (Å²) in [6, 6.07) is 2.78. The van der Waals surface area contributed by atoms with Gasteiger partial charge in [0.2, 0.25) is 12.9 Å². The Morgan fingerprint density at radius 3 is 2.53 bits per heavy atom. The third kappa shape index (κ3) is 6.51. The maximum Gasteiger partial charge on any atom is 0.511 e. The highest BCUT2D eigenvalue weighted by molar-refractivity contribution is 6.30. The molecule has 8 nitrogen and oxygen atoms in total. The lowest BCUT2D eigenvalue weighted by molar-refractivity contribution is -0.242. The molecule has 1 heterocycles. The number of ether oxygens (including phenoxy) is 4. The van der Waals surface area contributed by atoms with Gasteiger partial charge in [-0.3, -0.25) is 5.26 Å². The van der Waals surface area contributed by atoms with E-state index in [-0.39, 0.29) is 29.5 Å². The van der Waals surface area contributed by atoms with Gasteiger partial charge in [-0.05, 0) is 43.5 Å². The monoisotopic (exact) mass is 454 g/mol. The van der Waals surface area contributed by atoms with Crippen molar-refractivity contribution in [2.45, 2.75) is 32.0 Å². The van der Waals surface area contributed by atoms with Crippen LogP contribution in [0.4, 0.5) is 18.0 Å². The zero-order chi connectivity index (χ0) is 22.3. The number of unbranched alkanes of at least 4 members (excludes halogenated alkanes) is 1. The van der Waals surface area contributed by atoms with E-state index in [0.29, 0.717) is 18.4 Å². The zero-order valence-electron chi connectivity index (χ0n) is 15.7. The molecule has 0 aromatic heterocycles. The zero-order valence-corrected chi connectivity index (χ0v) is 16.4. The summed E-state index contributed by atoms with van der Waals surface area (Å²) in [5, 5.41) is 8.38. The molecular formula is C18H18ClF3O8. The normalized spacial score (nSPS) is 15.5.